The first-order valence-corrected chi connectivity index (χ1v) is 7.26. The van der Waals surface area contributed by atoms with Gasteiger partial charge in [-0.2, -0.15) is 0 Å². The predicted molar refractivity (Wildman–Crippen MR) is 82.7 cm³/mol. The Morgan fingerprint density at radius 2 is 2.05 bits per heavy atom. The molecule has 0 aliphatic heterocycles. The molecule has 0 bridgehead atoms. The lowest BCUT2D eigenvalue weighted by atomic mass is 10.2. The first-order chi connectivity index (χ1) is 10.3. The quantitative estimate of drug-likeness (QED) is 0.638. The van der Waals surface area contributed by atoms with Crippen molar-refractivity contribution < 1.29 is 14.3 Å². The Labute approximate surface area is 134 Å². The van der Waals surface area contributed by atoms with E-state index in [4.69, 9.17) is 21.1 Å². The lowest BCUT2D eigenvalue weighted by Crippen LogP contribution is -2.24. The molecule has 0 aliphatic rings. The van der Waals surface area contributed by atoms with Gasteiger partial charge in [0.2, 0.25) is 5.88 Å². The minimum absolute atomic E-state index is 0.0696. The fraction of sp³-hybridized carbons (Fsp3) is 0.400. The van der Waals surface area contributed by atoms with Crippen LogP contribution in [-0.4, -0.2) is 32.9 Å². The van der Waals surface area contributed by atoms with Crippen molar-refractivity contribution in [1.82, 2.24) is 14.8 Å². The van der Waals surface area contributed by atoms with E-state index >= 15 is 0 Å². The molecule has 118 valence electrons. The monoisotopic (exact) mass is 323 g/mol. The number of rotatable bonds is 4. The van der Waals surface area contributed by atoms with Crippen LogP contribution in [0.2, 0.25) is 5.15 Å². The van der Waals surface area contributed by atoms with E-state index in [1.165, 1.54) is 4.68 Å². The van der Waals surface area contributed by atoms with Gasteiger partial charge in [0.15, 0.2) is 5.82 Å². The van der Waals surface area contributed by atoms with Gasteiger partial charge in [-0.15, -0.1) is 5.10 Å². The Hall–Kier alpha value is -2.08. The standard InChI is InChI=1S/C15H18ClN3O3/c1-5-21-12-8-9-19(18-12)11-7-6-10(13(16)17-11)14(20)22-15(2,3)4/h6-9H,5H2,1-4H3. The number of nitrogens with zero attached hydrogens (tertiary/aromatic N) is 3. The van der Waals surface area contributed by atoms with Crippen molar-refractivity contribution in [3.8, 4) is 11.7 Å². The van der Waals surface area contributed by atoms with E-state index in [-0.39, 0.29) is 10.7 Å². The van der Waals surface area contributed by atoms with Crippen molar-refractivity contribution in [1.29, 1.82) is 0 Å². The summed E-state index contributed by atoms with van der Waals surface area (Å²) in [5.41, 5.74) is -0.370. The topological polar surface area (TPSA) is 66.2 Å². The summed E-state index contributed by atoms with van der Waals surface area (Å²) in [7, 11) is 0. The second-order valence-electron chi connectivity index (χ2n) is 5.54. The Kier molecular flexibility index (Phi) is 4.71. The average Bonchev–Trinajstić information content (AvgIpc) is 2.85. The van der Waals surface area contributed by atoms with Gasteiger partial charge in [-0.25, -0.2) is 14.5 Å². The van der Waals surface area contributed by atoms with Gasteiger partial charge in [0.25, 0.3) is 0 Å². The van der Waals surface area contributed by atoms with Crippen molar-refractivity contribution in [3.63, 3.8) is 0 Å². The largest absolute Gasteiger partial charge is 0.477 e. The average molecular weight is 324 g/mol. The molecule has 0 saturated heterocycles. The zero-order chi connectivity index (χ0) is 16.3. The maximum absolute atomic E-state index is 12.0. The van der Waals surface area contributed by atoms with Crippen molar-refractivity contribution >= 4 is 17.6 Å². The number of halogens is 1. The first-order valence-electron chi connectivity index (χ1n) is 6.89. The number of aromatic nitrogens is 3. The maximum atomic E-state index is 12.0. The molecule has 0 aromatic carbocycles. The normalized spacial score (nSPS) is 11.3. The van der Waals surface area contributed by atoms with Gasteiger partial charge in [0.05, 0.1) is 12.2 Å². The fourth-order valence-corrected chi connectivity index (χ4v) is 1.92. The fourth-order valence-electron chi connectivity index (χ4n) is 1.70. The molecule has 0 fully saturated rings. The lowest BCUT2D eigenvalue weighted by molar-refractivity contribution is 0.00693. The molecule has 0 aliphatic carbocycles. The van der Waals surface area contributed by atoms with Gasteiger partial charge >= 0.3 is 5.97 Å². The third-order valence-corrected chi connectivity index (χ3v) is 2.83. The molecule has 2 aromatic heterocycles. The Balaban J connectivity index is 2.23. The Morgan fingerprint density at radius 1 is 1.32 bits per heavy atom. The molecular formula is C15H18ClN3O3. The van der Waals surface area contributed by atoms with Crippen LogP contribution in [0.5, 0.6) is 5.88 Å². The molecule has 0 radical (unpaired) electrons. The maximum Gasteiger partial charge on any atom is 0.341 e. The van der Waals surface area contributed by atoms with E-state index in [1.807, 2.05) is 6.92 Å². The van der Waals surface area contributed by atoms with Crippen LogP contribution in [0.15, 0.2) is 24.4 Å². The van der Waals surface area contributed by atoms with E-state index in [9.17, 15) is 4.79 Å². The van der Waals surface area contributed by atoms with Gasteiger partial charge < -0.3 is 9.47 Å². The number of hydrogen-bond donors (Lipinski definition) is 0. The second-order valence-corrected chi connectivity index (χ2v) is 5.90. The van der Waals surface area contributed by atoms with E-state index in [2.05, 4.69) is 10.1 Å². The van der Waals surface area contributed by atoms with Crippen LogP contribution in [0, 0.1) is 0 Å². The smallest absolute Gasteiger partial charge is 0.341 e. The summed E-state index contributed by atoms with van der Waals surface area (Å²) >= 11 is 6.09. The zero-order valence-electron chi connectivity index (χ0n) is 13.0. The van der Waals surface area contributed by atoms with Crippen LogP contribution >= 0.6 is 11.6 Å². The van der Waals surface area contributed by atoms with E-state index < -0.39 is 11.6 Å². The SMILES string of the molecule is CCOc1ccn(-c2ccc(C(=O)OC(C)(C)C)c(Cl)n2)n1. The highest BCUT2D eigenvalue weighted by atomic mass is 35.5. The van der Waals surface area contributed by atoms with Crippen LogP contribution in [-0.2, 0) is 4.74 Å². The minimum Gasteiger partial charge on any atom is -0.477 e. The summed E-state index contributed by atoms with van der Waals surface area (Å²) in [6, 6.07) is 4.94. The van der Waals surface area contributed by atoms with Crippen LogP contribution < -0.4 is 4.74 Å². The zero-order valence-corrected chi connectivity index (χ0v) is 13.7. The second kappa shape index (κ2) is 6.36. The number of pyridine rings is 1. The number of ether oxygens (including phenoxy) is 2. The highest BCUT2D eigenvalue weighted by Crippen LogP contribution is 2.20. The van der Waals surface area contributed by atoms with Crippen LogP contribution in [0.3, 0.4) is 0 Å². The van der Waals surface area contributed by atoms with Gasteiger partial charge in [-0.3, -0.25) is 0 Å². The van der Waals surface area contributed by atoms with E-state index in [0.717, 1.165) is 0 Å². The Morgan fingerprint density at radius 3 is 2.64 bits per heavy atom. The van der Waals surface area contributed by atoms with Crippen LogP contribution in [0.4, 0.5) is 0 Å². The predicted octanol–water partition coefficient (Wildman–Crippen LogP) is 3.27. The third-order valence-electron chi connectivity index (χ3n) is 2.54. The minimum atomic E-state index is -0.590. The van der Waals surface area contributed by atoms with E-state index in [1.54, 1.807) is 45.2 Å². The number of hydrogen-bond acceptors (Lipinski definition) is 5. The molecule has 0 amide bonds. The van der Waals surface area contributed by atoms with Crippen molar-refractivity contribution in [3.05, 3.63) is 35.1 Å². The molecule has 0 spiro atoms. The van der Waals surface area contributed by atoms with Gasteiger partial charge in [-0.1, -0.05) is 11.6 Å². The summed E-state index contributed by atoms with van der Waals surface area (Å²) in [5, 5.41) is 4.27. The number of carbonyl (C=O) groups excluding carboxylic acids is 1. The lowest BCUT2D eigenvalue weighted by Gasteiger charge is -2.19. The molecule has 0 atom stereocenters. The highest BCUT2D eigenvalue weighted by Gasteiger charge is 2.21. The number of esters is 1. The molecule has 0 unspecified atom stereocenters. The van der Waals surface area contributed by atoms with Crippen molar-refractivity contribution in [2.45, 2.75) is 33.3 Å². The molecule has 2 rings (SSSR count). The van der Waals surface area contributed by atoms with Crippen LogP contribution in [0.1, 0.15) is 38.1 Å². The molecule has 0 saturated carbocycles. The summed E-state index contributed by atoms with van der Waals surface area (Å²) < 4.78 is 12.1. The number of carbonyl (C=O) groups is 1. The van der Waals surface area contributed by atoms with Crippen molar-refractivity contribution in [2.24, 2.45) is 0 Å². The molecule has 2 heterocycles. The molecule has 22 heavy (non-hydrogen) atoms. The summed E-state index contributed by atoms with van der Waals surface area (Å²) in [5.74, 6) is 0.479. The van der Waals surface area contributed by atoms with Gasteiger partial charge in [0.1, 0.15) is 10.8 Å². The molecule has 0 N–H and O–H groups in total. The van der Waals surface area contributed by atoms with Crippen molar-refractivity contribution in [2.75, 3.05) is 6.61 Å². The Bertz CT molecular complexity index is 677. The van der Waals surface area contributed by atoms with Gasteiger partial charge in [-0.05, 0) is 39.8 Å². The summed E-state index contributed by atoms with van der Waals surface area (Å²) in [4.78, 5) is 16.2. The molecular weight excluding hydrogens is 306 g/mol. The third kappa shape index (κ3) is 3.98. The molecule has 7 heteroatoms. The highest BCUT2D eigenvalue weighted by molar-refractivity contribution is 6.32. The van der Waals surface area contributed by atoms with E-state index in [0.29, 0.717) is 18.3 Å². The molecule has 2 aromatic rings. The first kappa shape index (κ1) is 16.3. The van der Waals surface area contributed by atoms with Crippen LogP contribution in [0.25, 0.3) is 5.82 Å². The molecule has 6 nitrogen and oxygen atoms in total. The summed E-state index contributed by atoms with van der Waals surface area (Å²) in [6.07, 6.45) is 1.71. The summed E-state index contributed by atoms with van der Waals surface area (Å²) in [6.45, 7) is 7.78. The van der Waals surface area contributed by atoms with Gasteiger partial charge in [0, 0.05) is 12.3 Å².